The standard InChI is InChI=1S/C13H13BrN2O3S2/c1-16(21(18,19)13-11(14)6-7-20-13)8-9-2-4-10(5-3-9)12(15)17/h2-7H,8H2,1H3,(H2,15,17). The maximum atomic E-state index is 12.4. The van der Waals surface area contributed by atoms with Crippen molar-refractivity contribution >= 4 is 43.2 Å². The molecule has 8 heteroatoms. The van der Waals surface area contributed by atoms with Gasteiger partial charge in [-0.05, 0) is 45.1 Å². The van der Waals surface area contributed by atoms with E-state index in [1.165, 1.54) is 11.4 Å². The van der Waals surface area contributed by atoms with Crippen molar-refractivity contribution in [2.75, 3.05) is 7.05 Å². The highest BCUT2D eigenvalue weighted by molar-refractivity contribution is 9.10. The number of primary amides is 1. The van der Waals surface area contributed by atoms with Crippen LogP contribution in [0.3, 0.4) is 0 Å². The van der Waals surface area contributed by atoms with Gasteiger partial charge in [0.1, 0.15) is 4.21 Å². The third-order valence-corrected chi connectivity index (χ3v) is 7.32. The van der Waals surface area contributed by atoms with E-state index < -0.39 is 15.9 Å². The van der Waals surface area contributed by atoms with Crippen LogP contribution in [0.5, 0.6) is 0 Å². The summed E-state index contributed by atoms with van der Waals surface area (Å²) in [6.07, 6.45) is 0. The summed E-state index contributed by atoms with van der Waals surface area (Å²) in [6.45, 7) is 0.214. The number of amides is 1. The number of benzene rings is 1. The number of carbonyl (C=O) groups is 1. The molecule has 1 aromatic heterocycles. The SMILES string of the molecule is CN(Cc1ccc(C(N)=O)cc1)S(=O)(=O)c1sccc1Br. The van der Waals surface area contributed by atoms with E-state index in [1.54, 1.807) is 35.7 Å². The number of sulfonamides is 1. The summed E-state index contributed by atoms with van der Waals surface area (Å²) in [4.78, 5) is 11.0. The number of nitrogens with zero attached hydrogens (tertiary/aromatic N) is 1. The fraction of sp³-hybridized carbons (Fsp3) is 0.154. The van der Waals surface area contributed by atoms with E-state index in [0.717, 1.165) is 16.9 Å². The maximum Gasteiger partial charge on any atom is 0.253 e. The van der Waals surface area contributed by atoms with E-state index in [-0.39, 0.29) is 10.8 Å². The molecule has 1 heterocycles. The van der Waals surface area contributed by atoms with E-state index in [1.807, 2.05) is 0 Å². The predicted octanol–water partition coefficient (Wildman–Crippen LogP) is 2.43. The molecule has 0 aliphatic carbocycles. The van der Waals surface area contributed by atoms with Crippen molar-refractivity contribution in [3.8, 4) is 0 Å². The van der Waals surface area contributed by atoms with Crippen molar-refractivity contribution in [1.29, 1.82) is 0 Å². The normalized spacial score (nSPS) is 11.8. The summed E-state index contributed by atoms with van der Waals surface area (Å²) in [5, 5.41) is 1.71. The lowest BCUT2D eigenvalue weighted by Gasteiger charge is -2.16. The molecule has 1 aromatic carbocycles. The largest absolute Gasteiger partial charge is 0.366 e. The van der Waals surface area contributed by atoms with Crippen molar-refractivity contribution in [3.05, 3.63) is 51.3 Å². The molecule has 2 aromatic rings. The van der Waals surface area contributed by atoms with Crippen molar-refractivity contribution in [2.24, 2.45) is 5.73 Å². The molecule has 0 saturated heterocycles. The molecule has 5 nitrogen and oxygen atoms in total. The summed E-state index contributed by atoms with van der Waals surface area (Å²) in [6, 6.07) is 8.25. The summed E-state index contributed by atoms with van der Waals surface area (Å²) >= 11 is 4.40. The highest BCUT2D eigenvalue weighted by Gasteiger charge is 2.24. The Kier molecular flexibility index (Phi) is 4.82. The van der Waals surface area contributed by atoms with Gasteiger partial charge in [0.2, 0.25) is 5.91 Å². The lowest BCUT2D eigenvalue weighted by atomic mass is 10.1. The van der Waals surface area contributed by atoms with Crippen LogP contribution in [0.25, 0.3) is 0 Å². The fourth-order valence-corrected chi connectivity index (χ4v) is 5.38. The molecule has 21 heavy (non-hydrogen) atoms. The number of thiophene rings is 1. The molecular weight excluding hydrogens is 376 g/mol. The van der Waals surface area contributed by atoms with Gasteiger partial charge in [-0.25, -0.2) is 8.42 Å². The molecule has 0 spiro atoms. The van der Waals surface area contributed by atoms with Gasteiger partial charge in [-0.3, -0.25) is 4.79 Å². The highest BCUT2D eigenvalue weighted by atomic mass is 79.9. The van der Waals surface area contributed by atoms with Crippen LogP contribution in [0, 0.1) is 0 Å². The average Bonchev–Trinajstić information content (AvgIpc) is 2.86. The van der Waals surface area contributed by atoms with Gasteiger partial charge >= 0.3 is 0 Å². The molecule has 0 aliphatic heterocycles. The number of halogens is 1. The lowest BCUT2D eigenvalue weighted by molar-refractivity contribution is 0.100. The molecule has 2 rings (SSSR count). The maximum absolute atomic E-state index is 12.4. The van der Waals surface area contributed by atoms with Gasteiger partial charge in [-0.2, -0.15) is 4.31 Å². The van der Waals surface area contributed by atoms with E-state index in [9.17, 15) is 13.2 Å². The molecule has 0 bridgehead atoms. The van der Waals surface area contributed by atoms with E-state index >= 15 is 0 Å². The number of hydrogen-bond donors (Lipinski definition) is 1. The number of carbonyl (C=O) groups excluding carboxylic acids is 1. The Balaban J connectivity index is 2.19. The molecule has 0 unspecified atom stereocenters. The lowest BCUT2D eigenvalue weighted by Crippen LogP contribution is -2.26. The van der Waals surface area contributed by atoms with Gasteiger partial charge in [-0.1, -0.05) is 12.1 Å². The summed E-state index contributed by atoms with van der Waals surface area (Å²) in [5.74, 6) is -0.509. The second-order valence-electron chi connectivity index (χ2n) is 4.38. The van der Waals surface area contributed by atoms with Gasteiger partial charge in [0, 0.05) is 23.6 Å². The second kappa shape index (κ2) is 6.27. The van der Waals surface area contributed by atoms with Gasteiger partial charge in [0.25, 0.3) is 10.0 Å². The van der Waals surface area contributed by atoms with Crippen molar-refractivity contribution in [3.63, 3.8) is 0 Å². The summed E-state index contributed by atoms with van der Waals surface area (Å²) < 4.78 is 27.0. The Morgan fingerprint density at radius 1 is 1.29 bits per heavy atom. The van der Waals surface area contributed by atoms with E-state index in [4.69, 9.17) is 5.73 Å². The van der Waals surface area contributed by atoms with Crippen molar-refractivity contribution in [1.82, 2.24) is 4.31 Å². The molecule has 0 aliphatic rings. The minimum Gasteiger partial charge on any atom is -0.366 e. The van der Waals surface area contributed by atoms with Crippen LogP contribution in [0.4, 0.5) is 0 Å². The molecular formula is C13H13BrN2O3S2. The Hall–Kier alpha value is -1.22. The van der Waals surface area contributed by atoms with Gasteiger partial charge in [-0.15, -0.1) is 11.3 Å². The Morgan fingerprint density at radius 2 is 1.90 bits per heavy atom. The van der Waals surface area contributed by atoms with Crippen LogP contribution in [0.15, 0.2) is 44.4 Å². The van der Waals surface area contributed by atoms with E-state index in [2.05, 4.69) is 15.9 Å². The summed E-state index contributed by atoms with van der Waals surface area (Å²) in [7, 11) is -2.02. The predicted molar refractivity (Wildman–Crippen MR) is 85.6 cm³/mol. The number of hydrogen-bond acceptors (Lipinski definition) is 4. The Labute approximate surface area is 135 Å². The first-order valence-corrected chi connectivity index (χ1v) is 9.01. The Morgan fingerprint density at radius 3 is 2.38 bits per heavy atom. The van der Waals surface area contributed by atoms with Crippen molar-refractivity contribution < 1.29 is 13.2 Å². The van der Waals surface area contributed by atoms with Crippen LogP contribution in [-0.4, -0.2) is 25.7 Å². The zero-order valence-electron chi connectivity index (χ0n) is 11.1. The molecule has 2 N–H and O–H groups in total. The minimum atomic E-state index is -3.54. The zero-order chi connectivity index (χ0) is 15.6. The smallest absolute Gasteiger partial charge is 0.253 e. The first-order chi connectivity index (χ1) is 9.82. The van der Waals surface area contributed by atoms with Gasteiger partial charge in [0.15, 0.2) is 0 Å². The quantitative estimate of drug-likeness (QED) is 0.853. The topological polar surface area (TPSA) is 80.5 Å². The van der Waals surface area contributed by atoms with E-state index in [0.29, 0.717) is 10.0 Å². The van der Waals surface area contributed by atoms with Crippen molar-refractivity contribution in [2.45, 2.75) is 10.8 Å². The average molecular weight is 389 g/mol. The van der Waals surface area contributed by atoms with Gasteiger partial charge in [0.05, 0.1) is 0 Å². The van der Waals surface area contributed by atoms with Crippen LogP contribution in [0.1, 0.15) is 15.9 Å². The number of rotatable bonds is 5. The van der Waals surface area contributed by atoms with Crippen LogP contribution in [-0.2, 0) is 16.6 Å². The molecule has 0 radical (unpaired) electrons. The first-order valence-electron chi connectivity index (χ1n) is 5.90. The molecule has 0 fully saturated rings. The van der Waals surface area contributed by atoms with Gasteiger partial charge < -0.3 is 5.73 Å². The fourth-order valence-electron chi connectivity index (χ4n) is 1.72. The zero-order valence-corrected chi connectivity index (χ0v) is 14.3. The third-order valence-electron chi connectivity index (χ3n) is 2.87. The monoisotopic (exact) mass is 388 g/mol. The first kappa shape index (κ1) is 16.2. The Bertz CT molecular complexity index is 754. The highest BCUT2D eigenvalue weighted by Crippen LogP contribution is 2.30. The number of nitrogens with two attached hydrogens (primary N) is 1. The minimum absolute atomic E-state index is 0.214. The summed E-state index contributed by atoms with van der Waals surface area (Å²) in [5.41, 5.74) is 6.34. The molecule has 0 atom stereocenters. The van der Waals surface area contributed by atoms with Crippen LogP contribution in [0.2, 0.25) is 0 Å². The third kappa shape index (κ3) is 3.52. The second-order valence-corrected chi connectivity index (χ2v) is 8.39. The van der Waals surface area contributed by atoms with Crippen LogP contribution >= 0.6 is 27.3 Å². The molecule has 1 amide bonds. The molecule has 0 saturated carbocycles. The molecule has 112 valence electrons. The van der Waals surface area contributed by atoms with Crippen LogP contribution < -0.4 is 5.73 Å².